The second-order valence-corrected chi connectivity index (χ2v) is 10.0. The van der Waals surface area contributed by atoms with Crippen LogP contribution in [0.5, 0.6) is 5.75 Å². The topological polar surface area (TPSA) is 90.0 Å². The quantitative estimate of drug-likeness (QED) is 0.406. The third-order valence-corrected chi connectivity index (χ3v) is 7.78. The van der Waals surface area contributed by atoms with Crippen LogP contribution in [-0.4, -0.2) is 50.3 Å². The van der Waals surface area contributed by atoms with E-state index < -0.39 is 28.0 Å². The van der Waals surface area contributed by atoms with Crippen molar-refractivity contribution in [2.75, 3.05) is 19.7 Å². The summed E-state index contributed by atoms with van der Waals surface area (Å²) >= 11 is 0. The molecule has 0 aromatic heterocycles. The van der Waals surface area contributed by atoms with E-state index in [4.69, 9.17) is 9.47 Å². The molecule has 0 amide bonds. The third kappa shape index (κ3) is 6.00. The number of aryl methyl sites for hydroxylation is 1. The van der Waals surface area contributed by atoms with Gasteiger partial charge in [-0.1, -0.05) is 31.2 Å². The molecular formula is C25H31NO6S. The molecule has 2 aromatic rings. The monoisotopic (exact) mass is 473 g/mol. The summed E-state index contributed by atoms with van der Waals surface area (Å²) < 4.78 is 38.0. The first kappa shape index (κ1) is 24.9. The highest BCUT2D eigenvalue weighted by molar-refractivity contribution is 7.89. The fourth-order valence-electron chi connectivity index (χ4n) is 3.82. The molecule has 1 saturated heterocycles. The normalized spacial score (nSPS) is 16.2. The molecule has 7 nitrogen and oxygen atoms in total. The van der Waals surface area contributed by atoms with Crippen molar-refractivity contribution in [3.05, 3.63) is 59.7 Å². The molecule has 1 atom stereocenters. The molecular weight excluding hydrogens is 442 g/mol. The molecule has 1 aliphatic rings. The lowest BCUT2D eigenvalue weighted by atomic mass is 9.98. The number of piperidine rings is 1. The zero-order valence-electron chi connectivity index (χ0n) is 19.3. The van der Waals surface area contributed by atoms with Crippen molar-refractivity contribution < 1.29 is 27.5 Å². The largest absolute Gasteiger partial charge is 0.494 e. The molecule has 0 N–H and O–H groups in total. The van der Waals surface area contributed by atoms with Crippen LogP contribution in [0.2, 0.25) is 0 Å². The van der Waals surface area contributed by atoms with E-state index in [2.05, 4.69) is 0 Å². The van der Waals surface area contributed by atoms with E-state index in [0.717, 1.165) is 12.0 Å². The maximum absolute atomic E-state index is 12.9. The molecule has 0 bridgehead atoms. The Morgan fingerprint density at radius 2 is 1.61 bits per heavy atom. The minimum Gasteiger partial charge on any atom is -0.494 e. The molecule has 0 radical (unpaired) electrons. The summed E-state index contributed by atoms with van der Waals surface area (Å²) in [6.07, 6.45) is 0.685. The van der Waals surface area contributed by atoms with E-state index in [0.29, 0.717) is 30.8 Å². The molecule has 0 saturated carbocycles. The number of esters is 1. The Morgan fingerprint density at radius 1 is 1.00 bits per heavy atom. The van der Waals surface area contributed by atoms with Crippen molar-refractivity contribution >= 4 is 21.8 Å². The number of ether oxygens (including phenoxy) is 2. The average Bonchev–Trinajstić information content (AvgIpc) is 2.84. The second kappa shape index (κ2) is 10.9. The minimum atomic E-state index is -3.65. The van der Waals surface area contributed by atoms with Crippen molar-refractivity contribution in [2.45, 2.75) is 51.0 Å². The first-order valence-electron chi connectivity index (χ1n) is 11.3. The Labute approximate surface area is 195 Å². The number of Topliss-reactive ketones (excluding diaryl/α,β-unsaturated/α-hetero) is 1. The third-order valence-electron chi connectivity index (χ3n) is 5.87. The van der Waals surface area contributed by atoms with Crippen molar-refractivity contribution in [1.29, 1.82) is 0 Å². The summed E-state index contributed by atoms with van der Waals surface area (Å²) in [5.41, 5.74) is 1.63. The number of hydrogen-bond donors (Lipinski definition) is 0. The molecule has 3 rings (SSSR count). The Bertz CT molecular complexity index is 1060. The molecule has 1 heterocycles. The Morgan fingerprint density at radius 3 is 2.15 bits per heavy atom. The van der Waals surface area contributed by atoms with Crippen LogP contribution in [0.25, 0.3) is 0 Å². The molecule has 178 valence electrons. The Hall–Kier alpha value is -2.71. The summed E-state index contributed by atoms with van der Waals surface area (Å²) in [6, 6.07) is 13.6. The smallest absolute Gasteiger partial charge is 0.309 e. The van der Waals surface area contributed by atoms with Gasteiger partial charge in [-0.05, 0) is 62.9 Å². The molecule has 0 spiro atoms. The maximum Gasteiger partial charge on any atom is 0.309 e. The maximum atomic E-state index is 12.9. The highest BCUT2D eigenvalue weighted by atomic mass is 32.2. The van der Waals surface area contributed by atoms with Gasteiger partial charge in [0.05, 0.1) is 17.4 Å². The van der Waals surface area contributed by atoms with Gasteiger partial charge < -0.3 is 9.47 Å². The zero-order valence-corrected chi connectivity index (χ0v) is 20.1. The fraction of sp³-hybridized carbons (Fsp3) is 0.440. The van der Waals surface area contributed by atoms with Gasteiger partial charge in [-0.3, -0.25) is 9.59 Å². The van der Waals surface area contributed by atoms with Crippen molar-refractivity contribution in [3.63, 3.8) is 0 Å². The number of nitrogens with zero attached hydrogens (tertiary/aromatic N) is 1. The number of ketones is 1. The van der Waals surface area contributed by atoms with Gasteiger partial charge in [-0.25, -0.2) is 8.42 Å². The lowest BCUT2D eigenvalue weighted by molar-refractivity contribution is -0.152. The Balaban J connectivity index is 1.55. The van der Waals surface area contributed by atoms with E-state index in [1.165, 1.54) is 16.4 Å². The first-order valence-corrected chi connectivity index (χ1v) is 12.8. The molecule has 0 aliphatic carbocycles. The van der Waals surface area contributed by atoms with Crippen LogP contribution in [0.4, 0.5) is 0 Å². The predicted molar refractivity (Wildman–Crippen MR) is 125 cm³/mol. The summed E-state index contributed by atoms with van der Waals surface area (Å²) in [5, 5.41) is 0. The van der Waals surface area contributed by atoms with Crippen molar-refractivity contribution in [3.8, 4) is 5.75 Å². The van der Waals surface area contributed by atoms with Gasteiger partial charge >= 0.3 is 5.97 Å². The number of hydrogen-bond acceptors (Lipinski definition) is 6. The lowest BCUT2D eigenvalue weighted by Crippen LogP contribution is -2.41. The summed E-state index contributed by atoms with van der Waals surface area (Å²) in [6.45, 7) is 6.41. The summed E-state index contributed by atoms with van der Waals surface area (Å²) in [7, 11) is -3.65. The van der Waals surface area contributed by atoms with Gasteiger partial charge in [0.1, 0.15) is 5.75 Å². The van der Waals surface area contributed by atoms with E-state index in [1.807, 2.05) is 26.0 Å². The molecule has 1 fully saturated rings. The van der Waals surface area contributed by atoms with E-state index in [9.17, 15) is 18.0 Å². The van der Waals surface area contributed by atoms with Crippen LogP contribution in [0.1, 0.15) is 49.5 Å². The second-order valence-electron chi connectivity index (χ2n) is 8.08. The molecule has 1 aliphatic heterocycles. The van der Waals surface area contributed by atoms with Gasteiger partial charge in [0.15, 0.2) is 6.10 Å². The van der Waals surface area contributed by atoms with Crippen LogP contribution in [0, 0.1) is 5.92 Å². The van der Waals surface area contributed by atoms with Crippen LogP contribution in [0.15, 0.2) is 53.4 Å². The number of carbonyl (C=O) groups excluding carboxylic acids is 2. The summed E-state index contributed by atoms with van der Waals surface area (Å²) in [5.74, 6) is -0.530. The molecule has 8 heteroatoms. The number of rotatable bonds is 9. The highest BCUT2D eigenvalue weighted by Crippen LogP contribution is 2.26. The Kier molecular flexibility index (Phi) is 8.26. The first-order chi connectivity index (χ1) is 15.8. The van der Waals surface area contributed by atoms with Crippen molar-refractivity contribution in [1.82, 2.24) is 4.31 Å². The van der Waals surface area contributed by atoms with Crippen LogP contribution in [-0.2, 0) is 26.0 Å². The van der Waals surface area contributed by atoms with Gasteiger partial charge in [0, 0.05) is 18.7 Å². The average molecular weight is 474 g/mol. The van der Waals surface area contributed by atoms with Gasteiger partial charge in [-0.15, -0.1) is 0 Å². The van der Waals surface area contributed by atoms with E-state index in [1.54, 1.807) is 31.2 Å². The molecule has 1 unspecified atom stereocenters. The van der Waals surface area contributed by atoms with E-state index in [-0.39, 0.29) is 23.8 Å². The van der Waals surface area contributed by atoms with Crippen LogP contribution in [0.3, 0.4) is 0 Å². The van der Waals surface area contributed by atoms with Gasteiger partial charge in [0.2, 0.25) is 15.8 Å². The molecule has 2 aromatic carbocycles. The van der Waals surface area contributed by atoms with Crippen LogP contribution < -0.4 is 4.74 Å². The number of sulfonamides is 1. The number of benzene rings is 2. The van der Waals surface area contributed by atoms with Gasteiger partial charge in [0.25, 0.3) is 0 Å². The van der Waals surface area contributed by atoms with Crippen molar-refractivity contribution in [2.24, 2.45) is 5.92 Å². The lowest BCUT2D eigenvalue weighted by Gasteiger charge is -2.30. The number of carbonyl (C=O) groups is 2. The van der Waals surface area contributed by atoms with Crippen LogP contribution >= 0.6 is 0 Å². The summed E-state index contributed by atoms with van der Waals surface area (Å²) in [4.78, 5) is 25.4. The van der Waals surface area contributed by atoms with Gasteiger partial charge in [-0.2, -0.15) is 4.31 Å². The minimum absolute atomic E-state index is 0.195. The highest BCUT2D eigenvalue weighted by Gasteiger charge is 2.34. The SMILES string of the molecule is CCOc1ccc(S(=O)(=O)N2CCC(C(=O)OC(C)C(=O)c3ccc(CC)cc3)CC2)cc1. The predicted octanol–water partition coefficient (Wildman–Crippen LogP) is 3.86. The standard InChI is InChI=1S/C25H31NO6S/c1-4-19-6-8-20(9-7-19)24(27)18(3)32-25(28)21-14-16-26(17-15-21)33(29,30)23-12-10-22(11-13-23)31-5-2/h6-13,18,21H,4-5,14-17H2,1-3H3. The van der Waals surface area contributed by atoms with E-state index >= 15 is 0 Å². The molecule has 33 heavy (non-hydrogen) atoms. The fourth-order valence-corrected chi connectivity index (χ4v) is 5.29. The zero-order chi connectivity index (χ0) is 24.0.